The van der Waals surface area contributed by atoms with Gasteiger partial charge < -0.3 is 15.2 Å². The van der Waals surface area contributed by atoms with Crippen LogP contribution in [0.4, 0.5) is 0 Å². The van der Waals surface area contributed by atoms with E-state index in [0.29, 0.717) is 6.54 Å². The molecule has 29 heavy (non-hydrogen) atoms. The minimum Gasteiger partial charge on any atom is -0.356 e. The van der Waals surface area contributed by atoms with E-state index in [9.17, 15) is 0 Å². The molecule has 0 fully saturated rings. The van der Waals surface area contributed by atoms with Gasteiger partial charge in [0.05, 0.1) is 6.54 Å². The molecule has 1 aromatic carbocycles. The Bertz CT molecular complexity index is 896. The molecule has 6 nitrogen and oxygen atoms in total. The number of guanidine groups is 1. The van der Waals surface area contributed by atoms with E-state index >= 15 is 0 Å². The Kier molecular flexibility index (Phi) is 10.3. The molecule has 0 radical (unpaired) electrons. The highest BCUT2D eigenvalue weighted by atomic mass is 127. The lowest BCUT2D eigenvalue weighted by atomic mass is 10.4. The second kappa shape index (κ2) is 12.4. The first-order valence-corrected chi connectivity index (χ1v) is 11.1. The second-order valence-corrected chi connectivity index (χ2v) is 8.69. The minimum absolute atomic E-state index is 0. The van der Waals surface area contributed by atoms with Crippen molar-refractivity contribution in [3.05, 3.63) is 63.3 Å². The molecule has 2 N–H and O–H groups in total. The number of aromatic nitrogens is 3. The van der Waals surface area contributed by atoms with E-state index in [-0.39, 0.29) is 24.0 Å². The zero-order valence-corrected chi connectivity index (χ0v) is 21.0. The molecule has 0 aliphatic heterocycles. The van der Waals surface area contributed by atoms with Crippen LogP contribution >= 0.6 is 58.7 Å². The summed E-state index contributed by atoms with van der Waals surface area (Å²) in [4.78, 5) is 7.14. The fourth-order valence-electron chi connectivity index (χ4n) is 2.37. The predicted octanol–water partition coefficient (Wildman–Crippen LogP) is 4.48. The van der Waals surface area contributed by atoms with Gasteiger partial charge >= 0.3 is 0 Å². The van der Waals surface area contributed by atoms with Crippen LogP contribution in [0, 0.1) is 6.92 Å². The molecular formula is C19H24ClIN6S2. The standard InChI is InChI=1S/C19H23ClN6S2.HI/c1-14-24-25-18(26(14)2)13-23-19(22-12-17-4-3-10-27-17)21-9-11-28-16-7-5-15(20)6-8-16;/h3-8,10H,9,11-13H2,1-2H3,(H2,21,22,23);1H. The molecule has 0 unspecified atom stereocenters. The topological polar surface area (TPSA) is 67.1 Å². The van der Waals surface area contributed by atoms with Crippen molar-refractivity contribution in [3.63, 3.8) is 0 Å². The van der Waals surface area contributed by atoms with Crippen molar-refractivity contribution in [2.45, 2.75) is 24.9 Å². The molecule has 10 heteroatoms. The normalized spacial score (nSPS) is 11.2. The Morgan fingerprint density at radius 1 is 1.21 bits per heavy atom. The quantitative estimate of drug-likeness (QED) is 0.139. The molecular weight excluding hydrogens is 539 g/mol. The zero-order valence-electron chi connectivity index (χ0n) is 16.3. The van der Waals surface area contributed by atoms with Crippen LogP contribution in [-0.4, -0.2) is 33.0 Å². The molecule has 0 saturated heterocycles. The molecule has 0 amide bonds. The molecule has 2 aromatic heterocycles. The summed E-state index contributed by atoms with van der Waals surface area (Å²) in [6, 6.07) is 12.1. The summed E-state index contributed by atoms with van der Waals surface area (Å²) in [6.45, 7) is 3.94. The Hall–Kier alpha value is -1.30. The van der Waals surface area contributed by atoms with Gasteiger partial charge in [-0.1, -0.05) is 17.7 Å². The van der Waals surface area contributed by atoms with Crippen LogP contribution in [0.3, 0.4) is 0 Å². The average Bonchev–Trinajstić information content (AvgIpc) is 3.33. The number of hydrogen-bond donors (Lipinski definition) is 2. The van der Waals surface area contributed by atoms with Crippen LogP contribution in [0.15, 0.2) is 51.7 Å². The monoisotopic (exact) mass is 562 g/mol. The third kappa shape index (κ3) is 7.80. The minimum atomic E-state index is 0. The maximum atomic E-state index is 5.93. The van der Waals surface area contributed by atoms with E-state index in [4.69, 9.17) is 11.6 Å². The summed E-state index contributed by atoms with van der Waals surface area (Å²) in [7, 11) is 1.95. The number of thioether (sulfide) groups is 1. The van der Waals surface area contributed by atoms with Gasteiger partial charge in [0, 0.05) is 34.1 Å². The maximum absolute atomic E-state index is 5.93. The van der Waals surface area contributed by atoms with E-state index in [1.807, 2.05) is 42.8 Å². The van der Waals surface area contributed by atoms with E-state index in [2.05, 4.69) is 43.3 Å². The number of thiophene rings is 1. The van der Waals surface area contributed by atoms with Gasteiger partial charge in [0.15, 0.2) is 11.8 Å². The number of nitrogens with zero attached hydrogens (tertiary/aromatic N) is 4. The number of aryl methyl sites for hydroxylation is 1. The SMILES string of the molecule is Cc1nnc(CN=C(NCCSc2ccc(Cl)cc2)NCc2cccs2)n1C.I. The number of rotatable bonds is 8. The molecule has 0 atom stereocenters. The van der Waals surface area contributed by atoms with Crippen LogP contribution in [0.2, 0.25) is 5.02 Å². The summed E-state index contributed by atoms with van der Waals surface area (Å²) in [6.07, 6.45) is 0. The number of benzene rings is 1. The lowest BCUT2D eigenvalue weighted by molar-refractivity contribution is 0.758. The highest BCUT2D eigenvalue weighted by Gasteiger charge is 2.06. The molecule has 2 heterocycles. The fraction of sp³-hybridized carbons (Fsp3) is 0.316. The van der Waals surface area contributed by atoms with Gasteiger partial charge in [0.25, 0.3) is 0 Å². The average molecular weight is 563 g/mol. The first-order chi connectivity index (χ1) is 13.6. The van der Waals surface area contributed by atoms with Crippen molar-refractivity contribution < 1.29 is 0 Å². The van der Waals surface area contributed by atoms with Gasteiger partial charge in [0.1, 0.15) is 12.4 Å². The van der Waals surface area contributed by atoms with E-state index in [1.54, 1.807) is 23.1 Å². The molecule has 0 aliphatic carbocycles. The second-order valence-electron chi connectivity index (χ2n) is 6.05. The van der Waals surface area contributed by atoms with Crippen molar-refractivity contribution >= 4 is 64.6 Å². The summed E-state index contributed by atoms with van der Waals surface area (Å²) in [5, 5.41) is 17.9. The van der Waals surface area contributed by atoms with Crippen molar-refractivity contribution in [2.75, 3.05) is 12.3 Å². The highest BCUT2D eigenvalue weighted by molar-refractivity contribution is 14.0. The van der Waals surface area contributed by atoms with Crippen LogP contribution in [0.5, 0.6) is 0 Å². The molecule has 3 aromatic rings. The Morgan fingerprint density at radius 2 is 2.00 bits per heavy atom. The van der Waals surface area contributed by atoms with Crippen molar-refractivity contribution in [1.29, 1.82) is 0 Å². The lowest BCUT2D eigenvalue weighted by Gasteiger charge is -2.12. The van der Waals surface area contributed by atoms with Crippen LogP contribution in [0.25, 0.3) is 0 Å². The first kappa shape index (κ1) is 24.0. The summed E-state index contributed by atoms with van der Waals surface area (Å²) >= 11 is 9.44. The van der Waals surface area contributed by atoms with Crippen molar-refractivity contribution in [1.82, 2.24) is 25.4 Å². The van der Waals surface area contributed by atoms with Crippen molar-refractivity contribution in [2.24, 2.45) is 12.0 Å². The van der Waals surface area contributed by atoms with Gasteiger partial charge in [-0.15, -0.1) is 57.3 Å². The predicted molar refractivity (Wildman–Crippen MR) is 134 cm³/mol. The van der Waals surface area contributed by atoms with Gasteiger partial charge in [-0.3, -0.25) is 0 Å². The number of hydrogen-bond acceptors (Lipinski definition) is 5. The maximum Gasteiger partial charge on any atom is 0.192 e. The highest BCUT2D eigenvalue weighted by Crippen LogP contribution is 2.19. The van der Waals surface area contributed by atoms with E-state index in [1.165, 1.54) is 9.77 Å². The van der Waals surface area contributed by atoms with Crippen LogP contribution in [-0.2, 0) is 20.1 Å². The van der Waals surface area contributed by atoms with E-state index < -0.39 is 0 Å². The van der Waals surface area contributed by atoms with Gasteiger partial charge in [-0.05, 0) is 42.6 Å². The Morgan fingerprint density at radius 3 is 2.66 bits per heavy atom. The Labute approximate surface area is 201 Å². The molecule has 156 valence electrons. The van der Waals surface area contributed by atoms with Crippen LogP contribution in [0.1, 0.15) is 16.5 Å². The first-order valence-electron chi connectivity index (χ1n) is 8.89. The Balaban J connectivity index is 0.00000300. The molecule has 3 rings (SSSR count). The summed E-state index contributed by atoms with van der Waals surface area (Å²) < 4.78 is 1.96. The number of halogens is 2. The van der Waals surface area contributed by atoms with Crippen molar-refractivity contribution in [3.8, 4) is 0 Å². The summed E-state index contributed by atoms with van der Waals surface area (Å²) in [5.41, 5.74) is 0. The molecule has 0 aliphatic rings. The lowest BCUT2D eigenvalue weighted by Crippen LogP contribution is -2.38. The smallest absolute Gasteiger partial charge is 0.192 e. The van der Waals surface area contributed by atoms with Crippen LogP contribution < -0.4 is 10.6 Å². The van der Waals surface area contributed by atoms with Gasteiger partial charge in [-0.25, -0.2) is 4.99 Å². The molecule has 0 spiro atoms. The third-order valence-corrected chi connectivity index (χ3v) is 6.19. The molecule has 0 bridgehead atoms. The van der Waals surface area contributed by atoms with Gasteiger partial charge in [-0.2, -0.15) is 0 Å². The number of nitrogens with one attached hydrogen (secondary N) is 2. The third-order valence-electron chi connectivity index (χ3n) is 4.05. The zero-order chi connectivity index (χ0) is 19.8. The fourth-order valence-corrected chi connectivity index (χ4v) is 3.90. The number of aliphatic imine (C=N–C) groups is 1. The summed E-state index contributed by atoms with van der Waals surface area (Å²) in [5.74, 6) is 3.41. The van der Waals surface area contributed by atoms with E-state index in [0.717, 1.165) is 41.5 Å². The largest absolute Gasteiger partial charge is 0.356 e. The van der Waals surface area contributed by atoms with Gasteiger partial charge in [0.2, 0.25) is 0 Å². The molecule has 0 saturated carbocycles.